The minimum atomic E-state index is -0.864. The maximum atomic E-state index is 12.0. The molecule has 6 nitrogen and oxygen atoms in total. The van der Waals surface area contributed by atoms with Gasteiger partial charge in [0.05, 0.1) is 11.0 Å². The predicted molar refractivity (Wildman–Crippen MR) is 58.3 cm³/mol. The van der Waals surface area contributed by atoms with E-state index in [-0.39, 0.29) is 12.5 Å². The molecule has 1 atom stereocenters. The van der Waals surface area contributed by atoms with Gasteiger partial charge in [0.25, 0.3) is 5.91 Å². The first-order valence-corrected chi connectivity index (χ1v) is 5.31. The molecule has 90 valence electrons. The molecular weight excluding hydrogens is 222 g/mol. The molecule has 0 spiro atoms. The van der Waals surface area contributed by atoms with Crippen LogP contribution in [0, 0.1) is 5.41 Å². The van der Waals surface area contributed by atoms with Gasteiger partial charge in [-0.1, -0.05) is 0 Å². The molecule has 2 rings (SSSR count). The van der Waals surface area contributed by atoms with Crippen molar-refractivity contribution in [3.8, 4) is 0 Å². The lowest BCUT2D eigenvalue weighted by Gasteiger charge is -2.19. The van der Waals surface area contributed by atoms with E-state index in [0.29, 0.717) is 18.5 Å². The number of carbonyl (C=O) groups is 2. The molecule has 17 heavy (non-hydrogen) atoms. The molecule has 1 unspecified atom stereocenters. The summed E-state index contributed by atoms with van der Waals surface area (Å²) in [6.07, 6.45) is 4.70. The van der Waals surface area contributed by atoms with Crippen LogP contribution in [0.15, 0.2) is 18.7 Å². The Morgan fingerprint density at radius 2 is 2.06 bits per heavy atom. The van der Waals surface area contributed by atoms with Crippen molar-refractivity contribution in [3.05, 3.63) is 24.3 Å². The molecule has 1 aliphatic rings. The fraction of sp³-hybridized carbons (Fsp3) is 0.455. The van der Waals surface area contributed by atoms with Crippen LogP contribution in [0.3, 0.4) is 0 Å². The maximum Gasteiger partial charge on any atom is 0.311 e. The van der Waals surface area contributed by atoms with E-state index in [1.165, 1.54) is 23.6 Å². The van der Waals surface area contributed by atoms with Crippen molar-refractivity contribution in [2.45, 2.75) is 13.3 Å². The summed E-state index contributed by atoms with van der Waals surface area (Å²) in [5.74, 6) is -1.08. The van der Waals surface area contributed by atoms with Crippen LogP contribution >= 0.6 is 0 Å². The standard InChI is InChI=1S/C11H13N3O3/c1-11(10(16)17)2-3-14(6-11)9(15)8-4-12-7-13-5-8/h4-5,7H,2-3,6H2,1H3,(H,16,17). The molecule has 0 saturated carbocycles. The van der Waals surface area contributed by atoms with Crippen LogP contribution in [-0.2, 0) is 4.79 Å². The molecule has 1 N–H and O–H groups in total. The summed E-state index contributed by atoms with van der Waals surface area (Å²) >= 11 is 0. The quantitative estimate of drug-likeness (QED) is 0.802. The number of amides is 1. The Hall–Kier alpha value is -1.98. The summed E-state index contributed by atoms with van der Waals surface area (Å²) in [6.45, 7) is 2.34. The highest BCUT2D eigenvalue weighted by Crippen LogP contribution is 2.30. The number of aliphatic carboxylic acids is 1. The zero-order chi connectivity index (χ0) is 12.5. The lowest BCUT2D eigenvalue weighted by atomic mass is 9.90. The normalized spacial score (nSPS) is 23.7. The highest BCUT2D eigenvalue weighted by molar-refractivity contribution is 5.94. The first-order valence-electron chi connectivity index (χ1n) is 5.31. The molecule has 1 aliphatic heterocycles. The van der Waals surface area contributed by atoms with Gasteiger partial charge in [0, 0.05) is 25.5 Å². The van der Waals surface area contributed by atoms with Gasteiger partial charge in [-0.3, -0.25) is 9.59 Å². The molecule has 0 radical (unpaired) electrons. The third-order valence-electron chi connectivity index (χ3n) is 3.08. The van der Waals surface area contributed by atoms with E-state index in [9.17, 15) is 9.59 Å². The van der Waals surface area contributed by atoms with Gasteiger partial charge in [0.1, 0.15) is 6.33 Å². The molecule has 1 saturated heterocycles. The van der Waals surface area contributed by atoms with Gasteiger partial charge in [-0.2, -0.15) is 0 Å². The van der Waals surface area contributed by atoms with E-state index >= 15 is 0 Å². The Morgan fingerprint density at radius 1 is 1.41 bits per heavy atom. The van der Waals surface area contributed by atoms with Gasteiger partial charge < -0.3 is 10.0 Å². The average molecular weight is 235 g/mol. The largest absolute Gasteiger partial charge is 0.481 e. The summed E-state index contributed by atoms with van der Waals surface area (Å²) in [6, 6.07) is 0. The molecule has 6 heteroatoms. The highest BCUT2D eigenvalue weighted by Gasteiger charge is 2.42. The second-order valence-corrected chi connectivity index (χ2v) is 4.47. The average Bonchev–Trinajstić information content (AvgIpc) is 2.74. The van der Waals surface area contributed by atoms with Crippen molar-refractivity contribution in [1.29, 1.82) is 0 Å². The first kappa shape index (κ1) is 11.5. The molecule has 1 aromatic rings. The topological polar surface area (TPSA) is 83.4 Å². The summed E-state index contributed by atoms with van der Waals surface area (Å²) in [7, 11) is 0. The lowest BCUT2D eigenvalue weighted by Crippen LogP contribution is -2.34. The lowest BCUT2D eigenvalue weighted by molar-refractivity contribution is -0.147. The van der Waals surface area contributed by atoms with Crippen LogP contribution < -0.4 is 0 Å². The van der Waals surface area contributed by atoms with Gasteiger partial charge in [0.2, 0.25) is 0 Å². The van der Waals surface area contributed by atoms with Crippen molar-refractivity contribution in [2.24, 2.45) is 5.41 Å². The Labute approximate surface area is 98.3 Å². The van der Waals surface area contributed by atoms with Crippen LogP contribution in [0.5, 0.6) is 0 Å². The van der Waals surface area contributed by atoms with Crippen LogP contribution in [-0.4, -0.2) is 44.9 Å². The molecule has 1 fully saturated rings. The number of hydrogen-bond donors (Lipinski definition) is 1. The number of rotatable bonds is 2. The fourth-order valence-electron chi connectivity index (χ4n) is 1.90. The van der Waals surface area contributed by atoms with Gasteiger partial charge in [0.15, 0.2) is 0 Å². The summed E-state index contributed by atoms with van der Waals surface area (Å²) in [4.78, 5) is 32.2. The Balaban J connectivity index is 2.12. The zero-order valence-electron chi connectivity index (χ0n) is 9.46. The fourth-order valence-corrected chi connectivity index (χ4v) is 1.90. The zero-order valence-corrected chi connectivity index (χ0v) is 9.46. The summed E-state index contributed by atoms with van der Waals surface area (Å²) in [5.41, 5.74) is -0.451. The monoisotopic (exact) mass is 235 g/mol. The molecule has 1 amide bonds. The Kier molecular flexibility index (Phi) is 2.79. The Bertz CT molecular complexity index is 449. The van der Waals surface area contributed by atoms with Crippen molar-refractivity contribution in [1.82, 2.24) is 14.9 Å². The van der Waals surface area contributed by atoms with E-state index in [1.54, 1.807) is 6.92 Å². The molecule has 0 aliphatic carbocycles. The van der Waals surface area contributed by atoms with Crippen LogP contribution in [0.1, 0.15) is 23.7 Å². The second-order valence-electron chi connectivity index (χ2n) is 4.47. The minimum absolute atomic E-state index is 0.212. The van der Waals surface area contributed by atoms with Crippen molar-refractivity contribution < 1.29 is 14.7 Å². The van der Waals surface area contributed by atoms with Gasteiger partial charge in [-0.25, -0.2) is 9.97 Å². The smallest absolute Gasteiger partial charge is 0.311 e. The highest BCUT2D eigenvalue weighted by atomic mass is 16.4. The summed E-state index contributed by atoms with van der Waals surface area (Å²) < 4.78 is 0. The van der Waals surface area contributed by atoms with Gasteiger partial charge in [-0.05, 0) is 13.3 Å². The van der Waals surface area contributed by atoms with Crippen LogP contribution in [0.4, 0.5) is 0 Å². The number of carboxylic acids is 1. The van der Waals surface area contributed by atoms with Crippen LogP contribution in [0.2, 0.25) is 0 Å². The molecule has 1 aromatic heterocycles. The number of hydrogen-bond acceptors (Lipinski definition) is 4. The number of aromatic nitrogens is 2. The Morgan fingerprint density at radius 3 is 2.59 bits per heavy atom. The number of carbonyl (C=O) groups excluding carboxylic acids is 1. The van der Waals surface area contributed by atoms with Gasteiger partial charge >= 0.3 is 5.97 Å². The van der Waals surface area contributed by atoms with E-state index < -0.39 is 11.4 Å². The van der Waals surface area contributed by atoms with Crippen molar-refractivity contribution in [3.63, 3.8) is 0 Å². The second kappa shape index (κ2) is 4.12. The third kappa shape index (κ3) is 2.11. The first-order chi connectivity index (χ1) is 8.03. The molecule has 0 aromatic carbocycles. The van der Waals surface area contributed by atoms with E-state index in [4.69, 9.17) is 5.11 Å². The SMILES string of the molecule is CC1(C(=O)O)CCN(C(=O)c2cncnc2)C1. The van der Waals surface area contributed by atoms with E-state index in [1.807, 2.05) is 0 Å². The van der Waals surface area contributed by atoms with E-state index in [0.717, 1.165) is 0 Å². The summed E-state index contributed by atoms with van der Waals surface area (Å²) in [5, 5.41) is 9.08. The third-order valence-corrected chi connectivity index (χ3v) is 3.08. The maximum absolute atomic E-state index is 12.0. The van der Waals surface area contributed by atoms with E-state index in [2.05, 4.69) is 9.97 Å². The molecular formula is C11H13N3O3. The predicted octanol–water partition coefficient (Wildman–Crippen LogP) is 0.413. The van der Waals surface area contributed by atoms with Crippen LogP contribution in [0.25, 0.3) is 0 Å². The molecule has 0 bridgehead atoms. The molecule has 2 heterocycles. The number of nitrogens with zero attached hydrogens (tertiary/aromatic N) is 3. The number of carboxylic acid groups (broad SMARTS) is 1. The number of likely N-dealkylation sites (tertiary alicyclic amines) is 1. The van der Waals surface area contributed by atoms with Crippen molar-refractivity contribution >= 4 is 11.9 Å². The minimum Gasteiger partial charge on any atom is -0.481 e. The van der Waals surface area contributed by atoms with Gasteiger partial charge in [-0.15, -0.1) is 0 Å². The van der Waals surface area contributed by atoms with Crippen molar-refractivity contribution in [2.75, 3.05) is 13.1 Å².